The number of carbonyl (C=O) groups excluding carboxylic acids is 2. The van der Waals surface area contributed by atoms with Crippen LogP contribution in [0, 0.1) is 0 Å². The normalized spacial score (nSPS) is 12.3. The number of hydrogen-bond donors (Lipinski definition) is 2. The summed E-state index contributed by atoms with van der Waals surface area (Å²) in [6.07, 6.45) is 2.08. The fraction of sp³-hybridized carbons (Fsp3) is 0.381. The smallest absolute Gasteiger partial charge is 0.329 e. The Morgan fingerprint density at radius 2 is 1.78 bits per heavy atom. The number of nitrogens with zero attached hydrogens (tertiary/aromatic N) is 1. The summed E-state index contributed by atoms with van der Waals surface area (Å²) in [5, 5.41) is 5.81. The Labute approximate surface area is 160 Å². The number of carbonyl (C=O) groups is 2. The molecule has 0 radical (unpaired) electrons. The van der Waals surface area contributed by atoms with Crippen LogP contribution in [0.25, 0.3) is 0 Å². The molecule has 2 rings (SSSR count). The van der Waals surface area contributed by atoms with E-state index >= 15 is 0 Å². The number of ether oxygens (including phenoxy) is 1. The van der Waals surface area contributed by atoms with Crippen molar-refractivity contribution in [3.8, 4) is 0 Å². The Hall–Kier alpha value is -2.73. The Morgan fingerprint density at radius 1 is 1.07 bits per heavy atom. The Balaban J connectivity index is 1.93. The lowest BCUT2D eigenvalue weighted by molar-refractivity contribution is -0.158. The van der Waals surface area contributed by atoms with Crippen molar-refractivity contribution in [3.05, 3.63) is 66.0 Å². The molecule has 144 valence electrons. The molecule has 1 amide bonds. The molecule has 2 N–H and O–H groups in total. The summed E-state index contributed by atoms with van der Waals surface area (Å²) in [6, 6.07) is 14.4. The number of benzene rings is 1. The van der Waals surface area contributed by atoms with Crippen LogP contribution in [0.1, 0.15) is 32.0 Å². The number of esters is 1. The molecule has 0 saturated carbocycles. The van der Waals surface area contributed by atoms with Gasteiger partial charge in [0, 0.05) is 19.2 Å². The van der Waals surface area contributed by atoms with E-state index in [2.05, 4.69) is 15.6 Å². The van der Waals surface area contributed by atoms with Crippen molar-refractivity contribution < 1.29 is 14.3 Å². The van der Waals surface area contributed by atoms with Gasteiger partial charge in [-0.2, -0.15) is 0 Å². The van der Waals surface area contributed by atoms with E-state index in [0.29, 0.717) is 13.0 Å². The molecule has 1 aromatic carbocycles. The largest absolute Gasteiger partial charge is 0.458 e. The van der Waals surface area contributed by atoms with Gasteiger partial charge < -0.3 is 15.4 Å². The first kappa shape index (κ1) is 20.6. The van der Waals surface area contributed by atoms with Gasteiger partial charge in [-0.1, -0.05) is 36.4 Å². The van der Waals surface area contributed by atoms with Gasteiger partial charge in [0.1, 0.15) is 11.6 Å². The van der Waals surface area contributed by atoms with Crippen LogP contribution in [0.5, 0.6) is 0 Å². The second kappa shape index (κ2) is 9.83. The second-order valence-corrected chi connectivity index (χ2v) is 7.27. The van der Waals surface area contributed by atoms with Crippen molar-refractivity contribution >= 4 is 11.9 Å². The molecule has 0 bridgehead atoms. The van der Waals surface area contributed by atoms with Crippen molar-refractivity contribution in [2.75, 3.05) is 6.54 Å². The first-order chi connectivity index (χ1) is 12.8. The predicted octanol–water partition coefficient (Wildman–Crippen LogP) is 2.24. The molecule has 0 aliphatic heterocycles. The van der Waals surface area contributed by atoms with Crippen molar-refractivity contribution in [2.45, 2.75) is 45.4 Å². The minimum Gasteiger partial charge on any atom is -0.458 e. The Bertz CT molecular complexity index is 727. The maximum atomic E-state index is 12.5. The summed E-state index contributed by atoms with van der Waals surface area (Å²) in [4.78, 5) is 29.0. The zero-order valence-electron chi connectivity index (χ0n) is 16.1. The first-order valence-corrected chi connectivity index (χ1v) is 9.00. The monoisotopic (exact) mass is 369 g/mol. The first-order valence-electron chi connectivity index (χ1n) is 9.00. The molecule has 0 unspecified atom stereocenters. The van der Waals surface area contributed by atoms with E-state index in [1.807, 2.05) is 48.5 Å². The van der Waals surface area contributed by atoms with Gasteiger partial charge in [-0.15, -0.1) is 0 Å². The minimum atomic E-state index is -0.740. The molecule has 0 fully saturated rings. The van der Waals surface area contributed by atoms with Gasteiger partial charge in [0.05, 0.1) is 12.2 Å². The van der Waals surface area contributed by atoms with Crippen LogP contribution in [0.4, 0.5) is 0 Å². The van der Waals surface area contributed by atoms with E-state index in [4.69, 9.17) is 4.74 Å². The number of nitrogens with one attached hydrogen (secondary N) is 2. The molecule has 2 aromatic rings. The zero-order chi connectivity index (χ0) is 19.7. The fourth-order valence-corrected chi connectivity index (χ4v) is 2.47. The minimum absolute atomic E-state index is 0.0880. The number of aromatic nitrogens is 1. The van der Waals surface area contributed by atoms with Gasteiger partial charge in [-0.3, -0.25) is 9.78 Å². The summed E-state index contributed by atoms with van der Waals surface area (Å²) in [5.41, 5.74) is 1.18. The van der Waals surface area contributed by atoms with Gasteiger partial charge in [0.15, 0.2) is 0 Å². The molecule has 1 aromatic heterocycles. The quantitative estimate of drug-likeness (QED) is 0.698. The van der Waals surface area contributed by atoms with Gasteiger partial charge in [-0.05, 0) is 38.5 Å². The van der Waals surface area contributed by atoms with Gasteiger partial charge in [0.25, 0.3) is 0 Å². The maximum absolute atomic E-state index is 12.5. The van der Waals surface area contributed by atoms with Crippen molar-refractivity contribution in [1.29, 1.82) is 0 Å². The summed E-state index contributed by atoms with van der Waals surface area (Å²) in [6.45, 7) is 5.98. The highest BCUT2D eigenvalue weighted by Gasteiger charge is 2.26. The average molecular weight is 369 g/mol. The fourth-order valence-electron chi connectivity index (χ4n) is 2.47. The summed E-state index contributed by atoms with van der Waals surface area (Å²) in [7, 11) is 0. The SMILES string of the molecule is CC(C)(C)OC(=O)[C@H](Cc1ccccc1)NC(=O)CNCc1ccccn1. The zero-order valence-corrected chi connectivity index (χ0v) is 16.1. The lowest BCUT2D eigenvalue weighted by Gasteiger charge is -2.24. The summed E-state index contributed by atoms with van der Waals surface area (Å²) in [5.74, 6) is -0.706. The van der Waals surface area contributed by atoms with Crippen LogP contribution >= 0.6 is 0 Å². The molecule has 0 aliphatic rings. The van der Waals surface area contributed by atoms with E-state index in [0.717, 1.165) is 11.3 Å². The lowest BCUT2D eigenvalue weighted by Crippen LogP contribution is -2.48. The molecular formula is C21H27N3O3. The third kappa shape index (κ3) is 8.00. The lowest BCUT2D eigenvalue weighted by atomic mass is 10.1. The third-order valence-corrected chi connectivity index (χ3v) is 3.63. The van der Waals surface area contributed by atoms with Crippen molar-refractivity contribution in [3.63, 3.8) is 0 Å². The molecule has 0 spiro atoms. The van der Waals surface area contributed by atoms with Crippen molar-refractivity contribution in [1.82, 2.24) is 15.6 Å². The molecular weight excluding hydrogens is 342 g/mol. The third-order valence-electron chi connectivity index (χ3n) is 3.63. The van der Waals surface area contributed by atoms with E-state index in [-0.39, 0.29) is 12.5 Å². The highest BCUT2D eigenvalue weighted by atomic mass is 16.6. The van der Waals surface area contributed by atoms with Gasteiger partial charge in [0.2, 0.25) is 5.91 Å². The van der Waals surface area contributed by atoms with E-state index in [1.165, 1.54) is 0 Å². The molecule has 0 saturated heterocycles. The van der Waals surface area contributed by atoms with Crippen LogP contribution in [-0.4, -0.2) is 35.0 Å². The Morgan fingerprint density at radius 3 is 2.41 bits per heavy atom. The standard InChI is InChI=1S/C21H27N3O3/c1-21(2,3)27-20(26)18(13-16-9-5-4-6-10-16)24-19(25)15-22-14-17-11-7-8-12-23-17/h4-12,18,22H,13-15H2,1-3H3,(H,24,25)/t18-/m0/s1. The molecule has 0 aliphatic carbocycles. The second-order valence-electron chi connectivity index (χ2n) is 7.27. The van der Waals surface area contributed by atoms with Crippen LogP contribution in [0.15, 0.2) is 54.7 Å². The molecule has 6 nitrogen and oxygen atoms in total. The van der Waals surface area contributed by atoms with Crippen LogP contribution in [-0.2, 0) is 27.3 Å². The predicted molar refractivity (Wildman–Crippen MR) is 104 cm³/mol. The number of pyridine rings is 1. The van der Waals surface area contributed by atoms with E-state index in [9.17, 15) is 9.59 Å². The molecule has 27 heavy (non-hydrogen) atoms. The van der Waals surface area contributed by atoms with Gasteiger partial charge >= 0.3 is 5.97 Å². The highest BCUT2D eigenvalue weighted by Crippen LogP contribution is 2.11. The number of amides is 1. The Kier molecular flexibility index (Phi) is 7.49. The molecule has 1 atom stereocenters. The van der Waals surface area contributed by atoms with Crippen LogP contribution in [0.3, 0.4) is 0 Å². The van der Waals surface area contributed by atoms with Crippen molar-refractivity contribution in [2.24, 2.45) is 0 Å². The van der Waals surface area contributed by atoms with E-state index in [1.54, 1.807) is 27.0 Å². The maximum Gasteiger partial charge on any atom is 0.329 e. The summed E-state index contributed by atoms with van der Waals surface area (Å²) < 4.78 is 5.46. The molecule has 6 heteroatoms. The number of hydrogen-bond acceptors (Lipinski definition) is 5. The average Bonchev–Trinajstić information content (AvgIpc) is 2.61. The number of rotatable bonds is 8. The van der Waals surface area contributed by atoms with Crippen LogP contribution in [0.2, 0.25) is 0 Å². The highest BCUT2D eigenvalue weighted by molar-refractivity contribution is 5.85. The summed E-state index contributed by atoms with van der Waals surface area (Å²) >= 11 is 0. The van der Waals surface area contributed by atoms with Gasteiger partial charge in [-0.25, -0.2) is 4.79 Å². The molecule has 1 heterocycles. The van der Waals surface area contributed by atoms with E-state index < -0.39 is 17.6 Å². The topological polar surface area (TPSA) is 80.3 Å². The van der Waals surface area contributed by atoms with Crippen LogP contribution < -0.4 is 10.6 Å².